The molecule has 1 N–H and O–H groups in total. The van der Waals surface area contributed by atoms with Crippen molar-refractivity contribution >= 4 is 35.5 Å². The van der Waals surface area contributed by atoms with E-state index in [-0.39, 0.29) is 23.4 Å². The van der Waals surface area contributed by atoms with Crippen molar-refractivity contribution in [1.29, 1.82) is 0 Å². The lowest BCUT2D eigenvalue weighted by atomic mass is 9.85. The van der Waals surface area contributed by atoms with E-state index < -0.39 is 11.0 Å². The molecule has 0 spiro atoms. The number of hydrogen-bond acceptors (Lipinski definition) is 4. The van der Waals surface area contributed by atoms with Crippen LogP contribution in [0, 0.1) is 10.1 Å². The van der Waals surface area contributed by atoms with Gasteiger partial charge in [-0.2, -0.15) is 0 Å². The van der Waals surface area contributed by atoms with Gasteiger partial charge < -0.3 is 0 Å². The molecule has 0 saturated carbocycles. The Bertz CT molecular complexity index is 988. The third-order valence-corrected chi connectivity index (χ3v) is 4.74. The number of urea groups is 1. The molecule has 3 rings (SSSR count). The molecule has 0 aliphatic carbocycles. The first-order valence-corrected chi connectivity index (χ1v) is 9.33. The van der Waals surface area contributed by atoms with Crippen molar-refractivity contribution in [2.24, 2.45) is 0 Å². The number of non-ortho nitro benzene ring substituents is 1. The number of carbonyl (C=O) groups is 2. The molecule has 2 aromatic rings. The molecule has 1 heterocycles. The maximum atomic E-state index is 12.3. The number of carbonyl (C=O) groups excluding carboxylic acids is 2. The first-order valence-electron chi connectivity index (χ1n) is 9.33. The lowest BCUT2D eigenvalue weighted by Gasteiger charge is -2.29. The number of hydrogen-bond donors (Lipinski definition) is 1. The molecule has 1 fully saturated rings. The largest absolute Gasteiger partial charge is 0.328 e. The summed E-state index contributed by atoms with van der Waals surface area (Å²) >= 11 is 0. The topological polar surface area (TPSA) is 92.6 Å². The van der Waals surface area contributed by atoms with E-state index in [2.05, 4.69) is 32.2 Å². The van der Waals surface area contributed by atoms with Gasteiger partial charge in [0.2, 0.25) is 5.91 Å². The van der Waals surface area contributed by atoms with Gasteiger partial charge in [-0.1, -0.05) is 39.0 Å². The summed E-state index contributed by atoms with van der Waals surface area (Å²) in [6, 6.07) is 11.8. The molecular weight excluding hydrogens is 370 g/mol. The molecule has 1 aliphatic rings. The van der Waals surface area contributed by atoms with Gasteiger partial charge in [-0.25, -0.2) is 4.79 Å². The number of rotatable bonds is 4. The van der Waals surface area contributed by atoms with Crippen LogP contribution in [0.3, 0.4) is 0 Å². The first-order chi connectivity index (χ1) is 13.6. The normalized spacial score (nSPS) is 14.9. The number of anilines is 1. The maximum Gasteiger partial charge on any atom is 0.328 e. The second-order valence-corrected chi connectivity index (χ2v) is 8.00. The second kappa shape index (κ2) is 7.87. The van der Waals surface area contributed by atoms with Crippen LogP contribution in [0.15, 0.2) is 42.5 Å². The smallest absolute Gasteiger partial charge is 0.294 e. The van der Waals surface area contributed by atoms with E-state index in [1.807, 2.05) is 24.3 Å². The Morgan fingerprint density at radius 3 is 2.28 bits per heavy atom. The second-order valence-electron chi connectivity index (χ2n) is 8.00. The molecule has 0 bridgehead atoms. The van der Waals surface area contributed by atoms with Gasteiger partial charge in [0.15, 0.2) is 0 Å². The minimum absolute atomic E-state index is 0.0461. The molecule has 0 atom stereocenters. The SMILES string of the molecule is CC(C)(C)c1cc(/C=C/c2ccc([N+](=O)[O-])cc2)cc(N2CCC(=O)NC2=O)c1. The Labute approximate surface area is 169 Å². The summed E-state index contributed by atoms with van der Waals surface area (Å²) in [5.74, 6) is -0.267. The number of nitrogens with zero attached hydrogens (tertiary/aromatic N) is 2. The fourth-order valence-electron chi connectivity index (χ4n) is 3.03. The van der Waals surface area contributed by atoms with Crippen LogP contribution in [0.25, 0.3) is 12.2 Å². The molecule has 0 unspecified atom stereocenters. The summed E-state index contributed by atoms with van der Waals surface area (Å²) in [5.41, 5.74) is 3.43. The van der Waals surface area contributed by atoms with Crippen LogP contribution >= 0.6 is 0 Å². The molecule has 150 valence electrons. The van der Waals surface area contributed by atoms with E-state index in [1.54, 1.807) is 17.0 Å². The third kappa shape index (κ3) is 4.87. The van der Waals surface area contributed by atoms with Gasteiger partial charge >= 0.3 is 6.03 Å². The summed E-state index contributed by atoms with van der Waals surface area (Å²) in [5, 5.41) is 13.1. The fourth-order valence-corrected chi connectivity index (χ4v) is 3.03. The highest BCUT2D eigenvalue weighted by molar-refractivity contribution is 6.05. The number of nitro benzene ring substituents is 1. The van der Waals surface area contributed by atoms with Crippen LogP contribution in [0.2, 0.25) is 0 Å². The maximum absolute atomic E-state index is 12.3. The van der Waals surface area contributed by atoms with E-state index >= 15 is 0 Å². The molecule has 7 heteroatoms. The van der Waals surface area contributed by atoms with Crippen LogP contribution in [0.4, 0.5) is 16.2 Å². The Morgan fingerprint density at radius 2 is 1.69 bits per heavy atom. The zero-order chi connectivity index (χ0) is 21.2. The van der Waals surface area contributed by atoms with Gasteiger partial charge in [0, 0.05) is 30.8 Å². The van der Waals surface area contributed by atoms with Gasteiger partial charge in [0.1, 0.15) is 0 Å². The van der Waals surface area contributed by atoms with Gasteiger partial charge in [0.25, 0.3) is 5.69 Å². The molecule has 1 saturated heterocycles. The van der Waals surface area contributed by atoms with Gasteiger partial charge in [0.05, 0.1) is 4.92 Å². The van der Waals surface area contributed by atoms with Crippen molar-refractivity contribution in [3.63, 3.8) is 0 Å². The molecule has 0 radical (unpaired) electrons. The van der Waals surface area contributed by atoms with Crippen molar-refractivity contribution in [2.75, 3.05) is 11.4 Å². The minimum Gasteiger partial charge on any atom is -0.294 e. The number of nitrogens with one attached hydrogen (secondary N) is 1. The van der Waals surface area contributed by atoms with E-state index in [1.165, 1.54) is 12.1 Å². The van der Waals surface area contributed by atoms with E-state index in [0.717, 1.165) is 22.4 Å². The predicted molar refractivity (Wildman–Crippen MR) is 113 cm³/mol. The summed E-state index contributed by atoms with van der Waals surface area (Å²) in [7, 11) is 0. The van der Waals surface area contributed by atoms with Crippen LogP contribution in [-0.2, 0) is 10.2 Å². The molecule has 1 aliphatic heterocycles. The van der Waals surface area contributed by atoms with Gasteiger partial charge in [-0.15, -0.1) is 0 Å². The minimum atomic E-state index is -0.430. The third-order valence-electron chi connectivity index (χ3n) is 4.74. The van der Waals surface area contributed by atoms with E-state index in [4.69, 9.17) is 0 Å². The van der Waals surface area contributed by atoms with Gasteiger partial charge in [-0.3, -0.25) is 25.1 Å². The lowest BCUT2D eigenvalue weighted by molar-refractivity contribution is -0.384. The van der Waals surface area contributed by atoms with Crippen molar-refractivity contribution in [1.82, 2.24) is 5.32 Å². The van der Waals surface area contributed by atoms with Crippen LogP contribution < -0.4 is 10.2 Å². The molecule has 2 aromatic carbocycles. The van der Waals surface area contributed by atoms with Gasteiger partial charge in [-0.05, 0) is 46.4 Å². The summed E-state index contributed by atoms with van der Waals surface area (Å²) in [6.45, 7) is 6.62. The Balaban J connectivity index is 1.94. The fraction of sp³-hybridized carbons (Fsp3) is 0.273. The number of nitro groups is 1. The summed E-state index contributed by atoms with van der Waals surface area (Å²) in [4.78, 5) is 35.6. The quantitative estimate of drug-likeness (QED) is 0.470. The first kappa shape index (κ1) is 20.3. The highest BCUT2D eigenvalue weighted by Crippen LogP contribution is 2.30. The van der Waals surface area contributed by atoms with Crippen molar-refractivity contribution in [2.45, 2.75) is 32.6 Å². The summed E-state index contributed by atoms with van der Waals surface area (Å²) < 4.78 is 0. The molecule has 0 aromatic heterocycles. The molecular formula is C22H23N3O4. The molecule has 3 amide bonds. The molecule has 7 nitrogen and oxygen atoms in total. The van der Waals surface area contributed by atoms with Crippen molar-refractivity contribution in [3.05, 3.63) is 69.3 Å². The Kier molecular flexibility index (Phi) is 5.50. The highest BCUT2D eigenvalue weighted by Gasteiger charge is 2.25. The molecule has 29 heavy (non-hydrogen) atoms. The van der Waals surface area contributed by atoms with E-state index in [0.29, 0.717) is 6.54 Å². The average Bonchev–Trinajstić information content (AvgIpc) is 2.65. The van der Waals surface area contributed by atoms with E-state index in [9.17, 15) is 19.7 Å². The number of benzene rings is 2. The Morgan fingerprint density at radius 1 is 1.03 bits per heavy atom. The summed E-state index contributed by atoms with van der Waals surface area (Å²) in [6.07, 6.45) is 4.04. The highest BCUT2D eigenvalue weighted by atomic mass is 16.6. The zero-order valence-corrected chi connectivity index (χ0v) is 16.6. The number of imide groups is 1. The van der Waals surface area contributed by atoms with Crippen molar-refractivity contribution < 1.29 is 14.5 Å². The standard InChI is InChI=1S/C22H23N3O4/c1-22(2,3)17-12-16(5-4-15-6-8-18(9-7-15)25(28)29)13-19(14-17)24-11-10-20(26)23-21(24)27/h4-9,12-14H,10-11H2,1-3H3,(H,23,26,27)/b5-4+. The average molecular weight is 393 g/mol. The van der Waals surface area contributed by atoms with Crippen LogP contribution in [-0.4, -0.2) is 23.4 Å². The zero-order valence-electron chi connectivity index (χ0n) is 16.6. The monoisotopic (exact) mass is 393 g/mol. The Hall–Kier alpha value is -3.48. The predicted octanol–water partition coefficient (Wildman–Crippen LogP) is 4.51. The lowest BCUT2D eigenvalue weighted by Crippen LogP contribution is -2.49. The van der Waals surface area contributed by atoms with Crippen LogP contribution in [0.5, 0.6) is 0 Å². The number of amides is 3. The van der Waals surface area contributed by atoms with Crippen LogP contribution in [0.1, 0.15) is 43.9 Å². The van der Waals surface area contributed by atoms with Crippen molar-refractivity contribution in [3.8, 4) is 0 Å².